The molecule has 0 saturated heterocycles. The van der Waals surface area contributed by atoms with Gasteiger partial charge in [-0.15, -0.1) is 0 Å². The first-order valence-electron chi connectivity index (χ1n) is 5.37. The summed E-state index contributed by atoms with van der Waals surface area (Å²) in [6.45, 7) is 0.477. The summed E-state index contributed by atoms with van der Waals surface area (Å²) < 4.78 is 5.50. The second-order valence-electron chi connectivity index (χ2n) is 3.61. The number of nitrogens with two attached hydrogens (primary N) is 1. The van der Waals surface area contributed by atoms with Gasteiger partial charge in [-0.05, 0) is 24.3 Å². The SMILES string of the molecule is Nc1c(O)cccc1OCCc1ccccn1. The average Bonchev–Trinajstić information content (AvgIpc) is 2.36. The fourth-order valence-corrected chi connectivity index (χ4v) is 1.47. The van der Waals surface area contributed by atoms with E-state index in [2.05, 4.69) is 4.98 Å². The molecule has 0 aliphatic heterocycles. The minimum atomic E-state index is 0.0420. The van der Waals surface area contributed by atoms with Crippen LogP contribution >= 0.6 is 0 Å². The summed E-state index contributed by atoms with van der Waals surface area (Å²) >= 11 is 0. The standard InChI is InChI=1S/C13H14N2O2/c14-13-11(16)5-3-6-12(13)17-9-7-10-4-1-2-8-15-10/h1-6,8,16H,7,9,14H2. The van der Waals surface area contributed by atoms with Gasteiger partial charge in [0.2, 0.25) is 0 Å². The third-order valence-corrected chi connectivity index (χ3v) is 2.39. The van der Waals surface area contributed by atoms with Gasteiger partial charge in [0.05, 0.1) is 6.61 Å². The Hall–Kier alpha value is -2.23. The highest BCUT2D eigenvalue weighted by atomic mass is 16.5. The van der Waals surface area contributed by atoms with E-state index in [1.54, 1.807) is 18.3 Å². The lowest BCUT2D eigenvalue weighted by Crippen LogP contribution is -2.04. The van der Waals surface area contributed by atoms with Crippen molar-refractivity contribution >= 4 is 5.69 Å². The Bertz CT molecular complexity index is 486. The summed E-state index contributed by atoms with van der Waals surface area (Å²) in [6.07, 6.45) is 2.45. The van der Waals surface area contributed by atoms with E-state index in [0.717, 1.165) is 5.69 Å². The number of phenolic OH excluding ortho intramolecular Hbond substituents is 1. The predicted molar refractivity (Wildman–Crippen MR) is 66.0 cm³/mol. The van der Waals surface area contributed by atoms with Crippen molar-refractivity contribution < 1.29 is 9.84 Å². The monoisotopic (exact) mass is 230 g/mol. The highest BCUT2D eigenvalue weighted by Crippen LogP contribution is 2.29. The van der Waals surface area contributed by atoms with E-state index < -0.39 is 0 Å². The quantitative estimate of drug-likeness (QED) is 0.622. The molecule has 88 valence electrons. The lowest BCUT2D eigenvalue weighted by molar-refractivity contribution is 0.320. The molecule has 1 heterocycles. The summed E-state index contributed by atoms with van der Waals surface area (Å²) in [5.74, 6) is 0.543. The molecule has 3 N–H and O–H groups in total. The van der Waals surface area contributed by atoms with Gasteiger partial charge < -0.3 is 15.6 Å². The summed E-state index contributed by atoms with van der Waals surface area (Å²) in [5.41, 5.74) is 6.91. The van der Waals surface area contributed by atoms with Crippen molar-refractivity contribution in [1.29, 1.82) is 0 Å². The highest BCUT2D eigenvalue weighted by Gasteiger charge is 2.04. The van der Waals surface area contributed by atoms with Gasteiger partial charge in [0.1, 0.15) is 17.2 Å². The van der Waals surface area contributed by atoms with E-state index in [0.29, 0.717) is 18.8 Å². The Labute approximate surface area is 99.7 Å². The molecule has 0 aliphatic rings. The average molecular weight is 230 g/mol. The van der Waals surface area contributed by atoms with Crippen LogP contribution in [-0.2, 0) is 6.42 Å². The van der Waals surface area contributed by atoms with E-state index in [9.17, 15) is 5.11 Å². The zero-order valence-corrected chi connectivity index (χ0v) is 9.34. The molecule has 1 aromatic heterocycles. The van der Waals surface area contributed by atoms with E-state index >= 15 is 0 Å². The Morgan fingerprint density at radius 2 is 2.06 bits per heavy atom. The fraction of sp³-hybridized carbons (Fsp3) is 0.154. The third kappa shape index (κ3) is 2.87. The minimum absolute atomic E-state index is 0.0420. The first-order valence-corrected chi connectivity index (χ1v) is 5.37. The summed E-state index contributed by atoms with van der Waals surface area (Å²) in [4.78, 5) is 4.19. The summed E-state index contributed by atoms with van der Waals surface area (Å²) in [5, 5.41) is 9.40. The van der Waals surface area contributed by atoms with Crippen molar-refractivity contribution in [3.8, 4) is 11.5 Å². The molecule has 0 radical (unpaired) electrons. The van der Waals surface area contributed by atoms with Gasteiger partial charge in [-0.1, -0.05) is 12.1 Å². The third-order valence-electron chi connectivity index (χ3n) is 2.39. The number of nitrogen functional groups attached to an aromatic ring is 1. The Kier molecular flexibility index (Phi) is 3.45. The Morgan fingerprint density at radius 3 is 2.82 bits per heavy atom. The zero-order valence-electron chi connectivity index (χ0n) is 9.34. The molecule has 0 aliphatic carbocycles. The number of nitrogens with zero attached hydrogens (tertiary/aromatic N) is 1. The lowest BCUT2D eigenvalue weighted by Gasteiger charge is -2.09. The van der Waals surface area contributed by atoms with Crippen molar-refractivity contribution in [3.05, 3.63) is 48.3 Å². The molecular formula is C13H14N2O2. The van der Waals surface area contributed by atoms with Crippen LogP contribution in [0.15, 0.2) is 42.6 Å². The molecule has 17 heavy (non-hydrogen) atoms. The predicted octanol–water partition coefficient (Wildman–Crippen LogP) is 1.99. The molecule has 0 amide bonds. The second-order valence-corrected chi connectivity index (χ2v) is 3.61. The number of phenols is 1. The van der Waals surface area contributed by atoms with E-state index in [-0.39, 0.29) is 11.4 Å². The van der Waals surface area contributed by atoms with Crippen molar-refractivity contribution in [2.45, 2.75) is 6.42 Å². The van der Waals surface area contributed by atoms with Crippen LogP contribution < -0.4 is 10.5 Å². The topological polar surface area (TPSA) is 68.4 Å². The molecule has 0 atom stereocenters. The number of rotatable bonds is 4. The van der Waals surface area contributed by atoms with Gasteiger partial charge >= 0.3 is 0 Å². The number of aromatic nitrogens is 1. The molecule has 0 saturated carbocycles. The Morgan fingerprint density at radius 1 is 1.18 bits per heavy atom. The Balaban J connectivity index is 1.93. The molecular weight excluding hydrogens is 216 g/mol. The van der Waals surface area contributed by atoms with Crippen LogP contribution in [0.2, 0.25) is 0 Å². The van der Waals surface area contributed by atoms with Crippen molar-refractivity contribution in [2.75, 3.05) is 12.3 Å². The highest BCUT2D eigenvalue weighted by molar-refractivity contribution is 5.61. The maximum atomic E-state index is 9.40. The van der Waals surface area contributed by atoms with Crippen molar-refractivity contribution in [3.63, 3.8) is 0 Å². The van der Waals surface area contributed by atoms with Crippen LogP contribution in [0.5, 0.6) is 11.5 Å². The molecule has 0 fully saturated rings. The van der Waals surface area contributed by atoms with E-state index in [1.807, 2.05) is 18.2 Å². The molecule has 2 aromatic rings. The number of benzene rings is 1. The molecule has 4 nitrogen and oxygen atoms in total. The largest absolute Gasteiger partial charge is 0.506 e. The first-order chi connectivity index (χ1) is 8.27. The molecule has 0 unspecified atom stereocenters. The van der Waals surface area contributed by atoms with Gasteiger partial charge in [-0.25, -0.2) is 0 Å². The minimum Gasteiger partial charge on any atom is -0.506 e. The van der Waals surface area contributed by atoms with E-state index in [1.165, 1.54) is 6.07 Å². The number of anilines is 1. The van der Waals surface area contributed by atoms with Gasteiger partial charge in [0, 0.05) is 18.3 Å². The molecule has 1 aromatic carbocycles. The normalized spacial score (nSPS) is 10.1. The van der Waals surface area contributed by atoms with Crippen molar-refractivity contribution in [2.24, 2.45) is 0 Å². The summed E-state index contributed by atoms with van der Waals surface area (Å²) in [7, 11) is 0. The maximum absolute atomic E-state index is 9.40. The van der Waals surface area contributed by atoms with Gasteiger partial charge in [0.15, 0.2) is 0 Å². The molecule has 2 rings (SSSR count). The maximum Gasteiger partial charge on any atom is 0.146 e. The van der Waals surface area contributed by atoms with Crippen LogP contribution in [0, 0.1) is 0 Å². The van der Waals surface area contributed by atoms with Gasteiger partial charge in [-0.3, -0.25) is 4.98 Å². The van der Waals surface area contributed by atoms with Crippen LogP contribution in [0.1, 0.15) is 5.69 Å². The summed E-state index contributed by atoms with van der Waals surface area (Å²) in [6, 6.07) is 10.7. The number of ether oxygens (including phenoxy) is 1. The fourth-order valence-electron chi connectivity index (χ4n) is 1.47. The number of hydrogen-bond acceptors (Lipinski definition) is 4. The number of hydrogen-bond donors (Lipinski definition) is 2. The van der Waals surface area contributed by atoms with Crippen LogP contribution in [0.3, 0.4) is 0 Å². The molecule has 0 spiro atoms. The van der Waals surface area contributed by atoms with Crippen LogP contribution in [-0.4, -0.2) is 16.7 Å². The van der Waals surface area contributed by atoms with E-state index in [4.69, 9.17) is 10.5 Å². The number of pyridine rings is 1. The number of para-hydroxylation sites is 1. The van der Waals surface area contributed by atoms with Crippen molar-refractivity contribution in [1.82, 2.24) is 4.98 Å². The smallest absolute Gasteiger partial charge is 0.146 e. The van der Waals surface area contributed by atoms with Gasteiger partial charge in [-0.2, -0.15) is 0 Å². The first kappa shape index (κ1) is 11.3. The lowest BCUT2D eigenvalue weighted by atomic mass is 10.2. The van der Waals surface area contributed by atoms with Crippen LogP contribution in [0.4, 0.5) is 5.69 Å². The second kappa shape index (κ2) is 5.21. The zero-order chi connectivity index (χ0) is 12.1. The number of aromatic hydroxyl groups is 1. The molecule has 0 bridgehead atoms. The van der Waals surface area contributed by atoms with Gasteiger partial charge in [0.25, 0.3) is 0 Å². The van der Waals surface area contributed by atoms with Crippen LogP contribution in [0.25, 0.3) is 0 Å². The molecule has 4 heteroatoms.